The first kappa shape index (κ1) is 29.2. The Morgan fingerprint density at radius 2 is 1.22 bits per heavy atom. The van der Waals surface area contributed by atoms with Crippen LogP contribution >= 0.6 is 15.9 Å². The van der Waals surface area contributed by atoms with E-state index in [2.05, 4.69) is 15.9 Å². The fraction of sp³-hybridized carbons (Fsp3) is 0.667. The van der Waals surface area contributed by atoms with Crippen molar-refractivity contribution in [3.8, 4) is 24.3 Å². The molecule has 0 N–H and O–H groups in total. The first-order valence-electron chi connectivity index (χ1n) is 7.79. The number of nitrogens with zero attached hydrogens (tertiary/aromatic N) is 4. The molecule has 0 amide bonds. The zero-order chi connectivity index (χ0) is 22.1. The number of rotatable bonds is 3. The smallest absolute Gasteiger partial charge is 0.317 e. The predicted molar refractivity (Wildman–Crippen MR) is 101 cm³/mol. The predicted octanol–water partition coefficient (Wildman–Crippen LogP) is 3.53. The van der Waals surface area contributed by atoms with Crippen LogP contribution in [0.15, 0.2) is 0 Å². The van der Waals surface area contributed by atoms with E-state index in [1.165, 1.54) is 0 Å². The summed E-state index contributed by atoms with van der Waals surface area (Å²) in [5.41, 5.74) is -0.919. The lowest BCUT2D eigenvalue weighted by Crippen LogP contribution is -2.24. The number of ether oxygens (including phenoxy) is 2. The first-order chi connectivity index (χ1) is 12.3. The van der Waals surface area contributed by atoms with E-state index >= 15 is 0 Å². The summed E-state index contributed by atoms with van der Waals surface area (Å²) in [5, 5.41) is 32.2. The van der Waals surface area contributed by atoms with Crippen LogP contribution in [0.25, 0.3) is 0 Å². The van der Waals surface area contributed by atoms with Crippen LogP contribution in [0.4, 0.5) is 0 Å². The fourth-order valence-corrected chi connectivity index (χ4v) is 1.19. The highest BCUT2D eigenvalue weighted by Gasteiger charge is 2.19. The minimum atomic E-state index is -0.908. The lowest BCUT2D eigenvalue weighted by molar-refractivity contribution is -0.155. The summed E-state index contributed by atoms with van der Waals surface area (Å²) in [6.07, 6.45) is -0.162. The third-order valence-corrected chi connectivity index (χ3v) is 2.25. The van der Waals surface area contributed by atoms with E-state index in [0.717, 1.165) is 0 Å². The molecule has 0 unspecified atom stereocenters. The van der Waals surface area contributed by atoms with Gasteiger partial charge >= 0.3 is 11.9 Å². The van der Waals surface area contributed by atoms with Crippen molar-refractivity contribution in [3.05, 3.63) is 0 Å². The van der Waals surface area contributed by atoms with Gasteiger partial charge in [0.1, 0.15) is 28.9 Å². The molecule has 0 saturated heterocycles. The Morgan fingerprint density at radius 3 is 1.41 bits per heavy atom. The number of nitriles is 4. The van der Waals surface area contributed by atoms with Gasteiger partial charge in [-0.2, -0.15) is 21.0 Å². The summed E-state index contributed by atoms with van der Waals surface area (Å²) < 4.78 is 9.83. The zero-order valence-electron chi connectivity index (χ0n) is 16.5. The van der Waals surface area contributed by atoms with E-state index in [1.807, 2.05) is 20.8 Å². The summed E-state index contributed by atoms with van der Waals surface area (Å²) in [6.45, 7) is 10.7. The van der Waals surface area contributed by atoms with Crippen molar-refractivity contribution in [2.75, 3.05) is 5.33 Å². The van der Waals surface area contributed by atoms with Gasteiger partial charge in [-0.25, -0.2) is 0 Å². The quantitative estimate of drug-likeness (QED) is 0.477. The van der Waals surface area contributed by atoms with Crippen molar-refractivity contribution in [3.63, 3.8) is 0 Å². The van der Waals surface area contributed by atoms with Crippen LogP contribution in [0, 0.1) is 51.2 Å². The Morgan fingerprint density at radius 1 is 0.852 bits per heavy atom. The van der Waals surface area contributed by atoms with Gasteiger partial charge in [0.15, 0.2) is 0 Å². The Hall–Kier alpha value is -2.62. The van der Waals surface area contributed by atoms with E-state index in [-0.39, 0.29) is 29.7 Å². The topological polar surface area (TPSA) is 148 Å². The van der Waals surface area contributed by atoms with Gasteiger partial charge in [-0.3, -0.25) is 9.59 Å². The number of carbonyl (C=O) groups excluding carboxylic acids is 2. The monoisotopic (exact) mass is 440 g/mol. The largest absolute Gasteiger partial charge is 0.460 e. The van der Waals surface area contributed by atoms with Crippen LogP contribution in [0.3, 0.4) is 0 Å². The minimum Gasteiger partial charge on any atom is -0.460 e. The second-order valence-electron chi connectivity index (χ2n) is 6.81. The highest BCUT2D eigenvalue weighted by atomic mass is 79.9. The highest BCUT2D eigenvalue weighted by molar-refractivity contribution is 9.09. The highest BCUT2D eigenvalue weighted by Crippen LogP contribution is 2.11. The van der Waals surface area contributed by atoms with Crippen molar-refractivity contribution in [1.82, 2.24) is 0 Å². The lowest BCUT2D eigenvalue weighted by atomic mass is 10.1. The van der Waals surface area contributed by atoms with E-state index < -0.39 is 17.5 Å². The maximum absolute atomic E-state index is 11.1. The van der Waals surface area contributed by atoms with Crippen molar-refractivity contribution >= 4 is 27.9 Å². The average molecular weight is 441 g/mol. The Balaban J connectivity index is -0.000000356. The Kier molecular flexibility index (Phi) is 16.9. The summed E-state index contributed by atoms with van der Waals surface area (Å²) in [6, 6.07) is 6.73. The van der Waals surface area contributed by atoms with Crippen molar-refractivity contribution in [1.29, 1.82) is 21.0 Å². The van der Waals surface area contributed by atoms with Crippen LogP contribution in [0.5, 0.6) is 0 Å². The summed E-state index contributed by atoms with van der Waals surface area (Å²) in [5.74, 6) is -1.64. The second-order valence-corrected chi connectivity index (χ2v) is 7.38. The molecule has 0 aliphatic heterocycles. The number of alkyl halides is 1. The molecule has 0 saturated carbocycles. The van der Waals surface area contributed by atoms with Crippen molar-refractivity contribution in [2.45, 2.75) is 65.6 Å². The lowest BCUT2D eigenvalue weighted by Gasteiger charge is -2.19. The molecule has 0 heterocycles. The molecule has 0 aromatic carbocycles. The molecule has 0 atom stereocenters. The van der Waals surface area contributed by atoms with Crippen molar-refractivity contribution in [2.24, 2.45) is 5.92 Å². The molecule has 0 aliphatic carbocycles. The molecule has 8 nitrogen and oxygen atoms in total. The van der Waals surface area contributed by atoms with Crippen LogP contribution in [0.1, 0.15) is 54.4 Å². The van der Waals surface area contributed by atoms with E-state index in [1.54, 1.807) is 45.0 Å². The van der Waals surface area contributed by atoms with Crippen LogP contribution in [-0.4, -0.2) is 28.5 Å². The van der Waals surface area contributed by atoms with Crippen LogP contribution in [-0.2, 0) is 19.1 Å². The summed E-state index contributed by atoms with van der Waals surface area (Å²) in [7, 11) is 0. The molecule has 0 rings (SSSR count). The summed E-state index contributed by atoms with van der Waals surface area (Å²) >= 11 is 2.99. The van der Waals surface area contributed by atoms with Gasteiger partial charge in [0, 0.05) is 0 Å². The average Bonchev–Trinajstić information content (AvgIpc) is 2.51. The molecular formula is C18H25BrN4O4. The van der Waals surface area contributed by atoms with Gasteiger partial charge in [-0.1, -0.05) is 15.9 Å². The third kappa shape index (κ3) is 28.5. The molecule has 0 spiro atoms. The molecule has 9 heteroatoms. The molecule has 0 aliphatic rings. The molecule has 0 aromatic rings. The number of esters is 2. The van der Waals surface area contributed by atoms with Gasteiger partial charge < -0.3 is 9.47 Å². The Labute approximate surface area is 169 Å². The molecule has 27 heavy (non-hydrogen) atoms. The van der Waals surface area contributed by atoms with E-state index in [9.17, 15) is 9.59 Å². The number of hydrogen-bond acceptors (Lipinski definition) is 8. The second kappa shape index (κ2) is 15.6. The van der Waals surface area contributed by atoms with E-state index in [4.69, 9.17) is 30.5 Å². The number of carbonyl (C=O) groups is 2. The molecular weight excluding hydrogens is 416 g/mol. The maximum atomic E-state index is 11.1. The minimum absolute atomic E-state index is 0. The van der Waals surface area contributed by atoms with Gasteiger partial charge in [-0.05, 0) is 41.5 Å². The van der Waals surface area contributed by atoms with Crippen molar-refractivity contribution < 1.29 is 19.1 Å². The standard InChI is InChI=1S/C9H12N2O2.C6H11BrO2.C3H2N2/c1-9(2,3)13-8(12)4-7(5-10)6-11;1-6(2,3)9-5(8)4-7;4-2-1-3-5/h7H,4H2,1-3H3;4H2,1-3H3;1H2. The SMILES string of the molecule is CC(C)(C)OC(=O)CBr.CC(C)(C)OC(=O)CC(C#N)C#N.N#CCC#N. The van der Waals surface area contributed by atoms with Crippen LogP contribution < -0.4 is 0 Å². The zero-order valence-corrected chi connectivity index (χ0v) is 18.1. The fourth-order valence-electron chi connectivity index (χ4n) is 1.07. The Bertz CT molecular complexity index is 597. The molecule has 0 bridgehead atoms. The van der Waals surface area contributed by atoms with Gasteiger partial charge in [0.2, 0.25) is 0 Å². The van der Waals surface area contributed by atoms with Gasteiger partial charge in [0.25, 0.3) is 0 Å². The molecule has 148 valence electrons. The molecule has 0 radical (unpaired) electrons. The van der Waals surface area contributed by atoms with Gasteiger partial charge in [0.05, 0.1) is 30.7 Å². The van der Waals surface area contributed by atoms with E-state index in [0.29, 0.717) is 0 Å². The third-order valence-electron chi connectivity index (χ3n) is 1.79. The molecule has 0 fully saturated rings. The van der Waals surface area contributed by atoms with Gasteiger partial charge in [-0.15, -0.1) is 0 Å². The normalized spacial score (nSPS) is 9.48. The first-order valence-corrected chi connectivity index (χ1v) is 8.91. The maximum Gasteiger partial charge on any atom is 0.317 e. The van der Waals surface area contributed by atoms with Crippen LogP contribution in [0.2, 0.25) is 0 Å². The number of hydrogen-bond donors (Lipinski definition) is 0. The molecule has 0 aromatic heterocycles. The summed E-state index contributed by atoms with van der Waals surface area (Å²) in [4.78, 5) is 21.6. The number of halogens is 1.